The molecule has 0 aromatic carbocycles. The minimum absolute atomic E-state index is 0.0357. The maximum atomic E-state index is 11.3. The number of rotatable bonds is 4. The largest absolute Gasteiger partial charge is 0.480 e. The topological polar surface area (TPSA) is 72.9 Å². The van der Waals surface area contributed by atoms with Gasteiger partial charge in [-0.25, -0.2) is 9.80 Å². The molecule has 0 radical (unpaired) electrons. The lowest BCUT2D eigenvalue weighted by Crippen LogP contribution is -2.47. The standard InChI is InChI=1S/C8H13N3O3/c1-4-5-11(6-7(12)13)8(14)9-10(2)3/h1H,5-6H2,2-3H3,(H,9,14)(H,12,13). The zero-order valence-electron chi connectivity index (χ0n) is 8.15. The van der Waals surface area contributed by atoms with Crippen LogP contribution in [0.15, 0.2) is 0 Å². The summed E-state index contributed by atoms with van der Waals surface area (Å²) in [5.74, 6) is 1.11. The average Bonchev–Trinajstić information content (AvgIpc) is 2.01. The van der Waals surface area contributed by atoms with Gasteiger partial charge in [-0.1, -0.05) is 5.92 Å². The van der Waals surface area contributed by atoms with Gasteiger partial charge in [-0.2, -0.15) is 0 Å². The first-order valence-electron chi connectivity index (χ1n) is 3.85. The minimum atomic E-state index is -1.10. The van der Waals surface area contributed by atoms with Crippen molar-refractivity contribution in [2.45, 2.75) is 0 Å². The molecule has 0 unspecified atom stereocenters. The lowest BCUT2D eigenvalue weighted by atomic mass is 10.5. The molecule has 0 aliphatic carbocycles. The van der Waals surface area contributed by atoms with Gasteiger partial charge < -0.3 is 10.0 Å². The van der Waals surface area contributed by atoms with Crippen LogP contribution in [0.1, 0.15) is 0 Å². The van der Waals surface area contributed by atoms with Crippen molar-refractivity contribution in [1.29, 1.82) is 0 Å². The normalized spacial score (nSPS) is 9.29. The summed E-state index contributed by atoms with van der Waals surface area (Å²) in [5, 5.41) is 9.90. The monoisotopic (exact) mass is 199 g/mol. The van der Waals surface area contributed by atoms with Crippen LogP contribution < -0.4 is 5.43 Å². The molecule has 0 spiro atoms. The van der Waals surface area contributed by atoms with Crippen molar-refractivity contribution in [3.8, 4) is 12.3 Å². The maximum Gasteiger partial charge on any atom is 0.333 e. The van der Waals surface area contributed by atoms with Crippen molar-refractivity contribution in [1.82, 2.24) is 15.3 Å². The van der Waals surface area contributed by atoms with Crippen LogP contribution in [0.2, 0.25) is 0 Å². The summed E-state index contributed by atoms with van der Waals surface area (Å²) in [5.41, 5.74) is 2.39. The first-order chi connectivity index (χ1) is 6.47. The number of carbonyl (C=O) groups excluding carboxylic acids is 1. The fourth-order valence-corrected chi connectivity index (χ4v) is 0.735. The molecule has 14 heavy (non-hydrogen) atoms. The zero-order chi connectivity index (χ0) is 11.1. The Labute approximate surface area is 82.5 Å². The van der Waals surface area contributed by atoms with Crippen molar-refractivity contribution in [3.63, 3.8) is 0 Å². The smallest absolute Gasteiger partial charge is 0.333 e. The number of hydrazine groups is 1. The Kier molecular flexibility index (Phi) is 5.10. The van der Waals surface area contributed by atoms with E-state index in [1.807, 2.05) is 0 Å². The Hall–Kier alpha value is -1.74. The molecule has 0 aliphatic heterocycles. The number of aliphatic carboxylic acids is 1. The van der Waals surface area contributed by atoms with Gasteiger partial charge >= 0.3 is 12.0 Å². The SMILES string of the molecule is C#CCN(CC(=O)O)C(=O)NN(C)C. The summed E-state index contributed by atoms with van der Waals surface area (Å²) in [6, 6.07) is -0.532. The first-order valence-corrected chi connectivity index (χ1v) is 3.85. The van der Waals surface area contributed by atoms with E-state index in [4.69, 9.17) is 11.5 Å². The Balaban J connectivity index is 4.26. The Bertz CT molecular complexity index is 257. The molecule has 0 saturated heterocycles. The Morgan fingerprint density at radius 3 is 2.43 bits per heavy atom. The van der Waals surface area contributed by atoms with Gasteiger partial charge in [0.2, 0.25) is 0 Å². The predicted molar refractivity (Wildman–Crippen MR) is 50.3 cm³/mol. The summed E-state index contributed by atoms with van der Waals surface area (Å²) in [4.78, 5) is 22.7. The highest BCUT2D eigenvalue weighted by atomic mass is 16.4. The van der Waals surface area contributed by atoms with Gasteiger partial charge in [-0.3, -0.25) is 10.2 Å². The molecule has 0 aliphatic rings. The molecule has 2 N–H and O–H groups in total. The summed E-state index contributed by atoms with van der Waals surface area (Å²) in [6.07, 6.45) is 5.00. The van der Waals surface area contributed by atoms with E-state index in [9.17, 15) is 9.59 Å². The van der Waals surface area contributed by atoms with Crippen LogP contribution in [0, 0.1) is 12.3 Å². The first kappa shape index (κ1) is 12.3. The Morgan fingerprint density at radius 2 is 2.07 bits per heavy atom. The number of carboxylic acids is 1. The third-order valence-corrected chi connectivity index (χ3v) is 1.21. The van der Waals surface area contributed by atoms with Gasteiger partial charge in [0.05, 0.1) is 6.54 Å². The second-order valence-corrected chi connectivity index (χ2v) is 2.77. The summed E-state index contributed by atoms with van der Waals surface area (Å²) >= 11 is 0. The molecule has 0 aromatic rings. The van der Waals surface area contributed by atoms with Crippen LogP contribution in [0.25, 0.3) is 0 Å². The second-order valence-electron chi connectivity index (χ2n) is 2.77. The average molecular weight is 199 g/mol. The van der Waals surface area contributed by atoms with Gasteiger partial charge in [-0.05, 0) is 0 Å². The molecule has 6 heteroatoms. The van der Waals surface area contributed by atoms with Crippen LogP contribution in [-0.2, 0) is 4.79 Å². The highest BCUT2D eigenvalue weighted by molar-refractivity contribution is 5.79. The number of terminal acetylenes is 1. The quantitative estimate of drug-likeness (QED) is 0.459. The number of nitrogens with one attached hydrogen (secondary N) is 1. The fraction of sp³-hybridized carbons (Fsp3) is 0.500. The van der Waals surface area contributed by atoms with E-state index in [1.54, 1.807) is 14.1 Å². The van der Waals surface area contributed by atoms with E-state index in [2.05, 4.69) is 11.3 Å². The molecule has 2 amide bonds. The van der Waals surface area contributed by atoms with E-state index < -0.39 is 18.5 Å². The number of amides is 2. The molecule has 0 atom stereocenters. The van der Waals surface area contributed by atoms with Gasteiger partial charge in [0.1, 0.15) is 6.54 Å². The minimum Gasteiger partial charge on any atom is -0.480 e. The molecule has 0 saturated carbocycles. The van der Waals surface area contributed by atoms with Crippen molar-refractivity contribution >= 4 is 12.0 Å². The Morgan fingerprint density at radius 1 is 1.50 bits per heavy atom. The number of nitrogens with zero attached hydrogens (tertiary/aromatic N) is 2. The van der Waals surface area contributed by atoms with Crippen LogP contribution in [0.4, 0.5) is 4.79 Å². The molecule has 0 fully saturated rings. The van der Waals surface area contributed by atoms with Crippen LogP contribution >= 0.6 is 0 Å². The highest BCUT2D eigenvalue weighted by Crippen LogP contribution is 1.89. The van der Waals surface area contributed by atoms with Gasteiger partial charge in [0.25, 0.3) is 0 Å². The maximum absolute atomic E-state index is 11.3. The molecule has 0 rings (SSSR count). The van der Waals surface area contributed by atoms with Gasteiger partial charge in [0, 0.05) is 14.1 Å². The second kappa shape index (κ2) is 5.83. The molecular weight excluding hydrogens is 186 g/mol. The predicted octanol–water partition coefficient (Wildman–Crippen LogP) is -0.808. The number of carboxylic acid groups (broad SMARTS) is 1. The van der Waals surface area contributed by atoms with Crippen molar-refractivity contribution < 1.29 is 14.7 Å². The van der Waals surface area contributed by atoms with Gasteiger partial charge in [0.15, 0.2) is 0 Å². The summed E-state index contributed by atoms with van der Waals surface area (Å²) in [6.45, 7) is -0.449. The van der Waals surface area contributed by atoms with E-state index in [0.717, 1.165) is 4.90 Å². The van der Waals surface area contributed by atoms with E-state index >= 15 is 0 Å². The third-order valence-electron chi connectivity index (χ3n) is 1.21. The van der Waals surface area contributed by atoms with Crippen LogP contribution in [-0.4, -0.2) is 54.2 Å². The number of hydrogen-bond acceptors (Lipinski definition) is 3. The number of urea groups is 1. The molecule has 78 valence electrons. The van der Waals surface area contributed by atoms with E-state index in [0.29, 0.717) is 0 Å². The van der Waals surface area contributed by atoms with Crippen molar-refractivity contribution in [2.75, 3.05) is 27.2 Å². The lowest BCUT2D eigenvalue weighted by Gasteiger charge is -2.21. The fourth-order valence-electron chi connectivity index (χ4n) is 0.735. The van der Waals surface area contributed by atoms with Crippen LogP contribution in [0.5, 0.6) is 0 Å². The van der Waals surface area contributed by atoms with E-state index in [1.165, 1.54) is 5.01 Å². The third kappa shape index (κ3) is 5.00. The summed E-state index contributed by atoms with van der Waals surface area (Å²) < 4.78 is 0. The molecule has 0 aromatic heterocycles. The van der Waals surface area contributed by atoms with Gasteiger partial charge in [-0.15, -0.1) is 6.42 Å². The van der Waals surface area contributed by atoms with Crippen molar-refractivity contribution in [3.05, 3.63) is 0 Å². The number of carbonyl (C=O) groups is 2. The summed E-state index contributed by atoms with van der Waals surface area (Å²) in [7, 11) is 3.24. The molecule has 0 bridgehead atoms. The molecule has 0 heterocycles. The van der Waals surface area contributed by atoms with Crippen LogP contribution in [0.3, 0.4) is 0 Å². The molecular formula is C8H13N3O3. The molecule has 6 nitrogen and oxygen atoms in total. The zero-order valence-corrected chi connectivity index (χ0v) is 8.15. The number of hydrogen-bond donors (Lipinski definition) is 2. The highest BCUT2D eigenvalue weighted by Gasteiger charge is 2.15. The lowest BCUT2D eigenvalue weighted by molar-refractivity contribution is -0.137. The van der Waals surface area contributed by atoms with Crippen molar-refractivity contribution in [2.24, 2.45) is 0 Å². The van der Waals surface area contributed by atoms with E-state index in [-0.39, 0.29) is 6.54 Å².